The van der Waals surface area contributed by atoms with Crippen LogP contribution in [0, 0.1) is 17.3 Å². The van der Waals surface area contributed by atoms with Gasteiger partial charge in [-0.05, 0) is 12.8 Å². The van der Waals surface area contributed by atoms with Crippen molar-refractivity contribution in [2.24, 2.45) is 17.3 Å². The number of carbonyl (C=O) groups is 2. The quantitative estimate of drug-likeness (QED) is 0.690. The maximum absolute atomic E-state index is 11.2. The van der Waals surface area contributed by atoms with Crippen LogP contribution in [0.3, 0.4) is 0 Å². The van der Waals surface area contributed by atoms with Gasteiger partial charge in [-0.15, -0.1) is 0 Å². The zero-order valence-electron chi connectivity index (χ0n) is 15.6. The molecule has 6 nitrogen and oxygen atoms in total. The fraction of sp³-hybridized carbons (Fsp3) is 0.889. The van der Waals surface area contributed by atoms with Crippen LogP contribution in [0.4, 0.5) is 0 Å². The van der Waals surface area contributed by atoms with Crippen LogP contribution in [-0.4, -0.2) is 44.7 Å². The summed E-state index contributed by atoms with van der Waals surface area (Å²) in [4.78, 5) is 22.2. The fourth-order valence-electron chi connectivity index (χ4n) is 2.08. The molecule has 2 aliphatic rings. The highest BCUT2D eigenvalue weighted by Crippen LogP contribution is 2.31. The van der Waals surface area contributed by atoms with Gasteiger partial charge in [-0.25, -0.2) is 0 Å². The van der Waals surface area contributed by atoms with Crippen molar-refractivity contribution in [3.05, 3.63) is 0 Å². The number of rotatable bonds is 6. The predicted molar refractivity (Wildman–Crippen MR) is 89.2 cm³/mol. The standard InChI is InChI=1S/C10H18O3.C8H14O3/c1-4-10(5-12-6-10)7-13-9(11)8(2)3;1-6(2)8(9)11-7-4-3-5-10-7/h8H,4-7H2,1-3H3;6-7H,3-5H2,1-2H3. The fourth-order valence-corrected chi connectivity index (χ4v) is 2.08. The Kier molecular flexibility index (Phi) is 8.70. The maximum Gasteiger partial charge on any atom is 0.310 e. The molecule has 0 bridgehead atoms. The van der Waals surface area contributed by atoms with Crippen LogP contribution in [-0.2, 0) is 28.5 Å². The van der Waals surface area contributed by atoms with Crippen LogP contribution < -0.4 is 0 Å². The van der Waals surface area contributed by atoms with Crippen LogP contribution in [0.2, 0.25) is 0 Å². The third-order valence-electron chi connectivity index (χ3n) is 4.17. The van der Waals surface area contributed by atoms with Crippen LogP contribution in [0.1, 0.15) is 53.9 Å². The van der Waals surface area contributed by atoms with Gasteiger partial charge in [-0.1, -0.05) is 34.6 Å². The van der Waals surface area contributed by atoms with E-state index >= 15 is 0 Å². The Labute approximate surface area is 145 Å². The Morgan fingerprint density at radius 3 is 2.12 bits per heavy atom. The van der Waals surface area contributed by atoms with Crippen molar-refractivity contribution in [1.82, 2.24) is 0 Å². The van der Waals surface area contributed by atoms with Crippen molar-refractivity contribution in [1.29, 1.82) is 0 Å². The summed E-state index contributed by atoms with van der Waals surface area (Å²) in [5, 5.41) is 0. The first kappa shape index (κ1) is 20.9. The van der Waals surface area contributed by atoms with Crippen molar-refractivity contribution in [2.75, 3.05) is 26.4 Å². The zero-order valence-corrected chi connectivity index (χ0v) is 15.6. The van der Waals surface area contributed by atoms with Gasteiger partial charge >= 0.3 is 11.9 Å². The monoisotopic (exact) mass is 344 g/mol. The first-order chi connectivity index (χ1) is 11.3. The summed E-state index contributed by atoms with van der Waals surface area (Å²) in [5.74, 6) is -0.370. The van der Waals surface area contributed by atoms with Crippen molar-refractivity contribution in [3.63, 3.8) is 0 Å². The minimum absolute atomic E-state index is 0.0325. The van der Waals surface area contributed by atoms with Gasteiger partial charge in [0, 0.05) is 6.42 Å². The van der Waals surface area contributed by atoms with Crippen molar-refractivity contribution >= 4 is 11.9 Å². The van der Waals surface area contributed by atoms with E-state index < -0.39 is 0 Å². The lowest BCUT2D eigenvalue weighted by Gasteiger charge is -2.40. The minimum atomic E-state index is -0.273. The normalized spacial score (nSPS) is 21.7. The molecule has 140 valence electrons. The predicted octanol–water partition coefficient (Wildman–Crippen LogP) is 2.93. The molecule has 1 unspecified atom stereocenters. The van der Waals surface area contributed by atoms with E-state index in [1.165, 1.54) is 0 Å². The third-order valence-corrected chi connectivity index (χ3v) is 4.17. The highest BCUT2D eigenvalue weighted by molar-refractivity contribution is 5.71. The zero-order chi connectivity index (χ0) is 18.2. The number of esters is 2. The van der Waals surface area contributed by atoms with Gasteiger partial charge in [0.1, 0.15) is 6.61 Å². The van der Waals surface area contributed by atoms with Gasteiger partial charge in [0.25, 0.3) is 0 Å². The van der Waals surface area contributed by atoms with E-state index in [4.69, 9.17) is 18.9 Å². The summed E-state index contributed by atoms with van der Waals surface area (Å²) < 4.78 is 20.5. The molecule has 6 heteroatoms. The van der Waals surface area contributed by atoms with E-state index in [0.717, 1.165) is 39.1 Å². The van der Waals surface area contributed by atoms with Gasteiger partial charge < -0.3 is 18.9 Å². The second kappa shape index (κ2) is 9.99. The molecule has 0 aromatic heterocycles. The molecule has 0 aromatic rings. The Morgan fingerprint density at radius 2 is 1.75 bits per heavy atom. The summed E-state index contributed by atoms with van der Waals surface area (Å²) in [6.45, 7) is 12.1. The Bertz CT molecular complexity index is 389. The molecular formula is C18H32O6. The van der Waals surface area contributed by atoms with Gasteiger partial charge in [0.15, 0.2) is 0 Å². The second-order valence-electron chi connectivity index (χ2n) is 7.14. The molecule has 0 spiro atoms. The van der Waals surface area contributed by atoms with Crippen LogP contribution in [0.15, 0.2) is 0 Å². The summed E-state index contributed by atoms with van der Waals surface area (Å²) >= 11 is 0. The van der Waals surface area contributed by atoms with E-state index in [2.05, 4.69) is 6.92 Å². The molecule has 1 atom stereocenters. The van der Waals surface area contributed by atoms with E-state index in [1.807, 2.05) is 27.7 Å². The molecule has 0 radical (unpaired) electrons. The molecule has 0 saturated carbocycles. The van der Waals surface area contributed by atoms with Crippen LogP contribution in [0.25, 0.3) is 0 Å². The highest BCUT2D eigenvalue weighted by atomic mass is 16.7. The molecule has 0 amide bonds. The SMILES string of the molecule is CC(C)C(=O)OC1CCCO1.CCC1(COC(=O)C(C)C)COC1. The van der Waals surface area contributed by atoms with Gasteiger partial charge in [0.2, 0.25) is 6.29 Å². The topological polar surface area (TPSA) is 71.1 Å². The smallest absolute Gasteiger partial charge is 0.310 e. The first-order valence-electron chi connectivity index (χ1n) is 8.86. The third kappa shape index (κ3) is 6.77. The van der Waals surface area contributed by atoms with Crippen molar-refractivity contribution in [3.8, 4) is 0 Å². The van der Waals surface area contributed by atoms with E-state index in [-0.39, 0.29) is 35.5 Å². The summed E-state index contributed by atoms with van der Waals surface area (Å²) in [7, 11) is 0. The molecule has 0 aromatic carbocycles. The highest BCUT2D eigenvalue weighted by Gasteiger charge is 2.38. The number of hydrogen-bond acceptors (Lipinski definition) is 6. The van der Waals surface area contributed by atoms with Crippen LogP contribution >= 0.6 is 0 Å². The van der Waals surface area contributed by atoms with E-state index in [0.29, 0.717) is 6.61 Å². The number of carbonyl (C=O) groups excluding carboxylic acids is 2. The molecule has 2 fully saturated rings. The Hall–Kier alpha value is -1.14. The van der Waals surface area contributed by atoms with Crippen molar-refractivity contribution in [2.45, 2.75) is 60.2 Å². The Balaban J connectivity index is 0.000000243. The maximum atomic E-state index is 11.2. The van der Waals surface area contributed by atoms with Gasteiger partial charge in [-0.2, -0.15) is 0 Å². The Morgan fingerprint density at radius 1 is 1.12 bits per heavy atom. The summed E-state index contributed by atoms with van der Waals surface area (Å²) in [6.07, 6.45) is 2.58. The lowest BCUT2D eigenvalue weighted by molar-refractivity contribution is -0.174. The molecule has 2 saturated heterocycles. The van der Waals surface area contributed by atoms with Crippen molar-refractivity contribution < 1.29 is 28.5 Å². The largest absolute Gasteiger partial charge is 0.465 e. The van der Waals surface area contributed by atoms with E-state index in [1.54, 1.807) is 0 Å². The van der Waals surface area contributed by atoms with Gasteiger partial charge in [0.05, 0.1) is 37.1 Å². The second-order valence-corrected chi connectivity index (χ2v) is 7.14. The molecule has 2 aliphatic heterocycles. The molecule has 0 N–H and O–H groups in total. The van der Waals surface area contributed by atoms with E-state index in [9.17, 15) is 9.59 Å². The summed E-state index contributed by atoms with van der Waals surface area (Å²) in [6, 6.07) is 0. The average molecular weight is 344 g/mol. The first-order valence-corrected chi connectivity index (χ1v) is 8.86. The minimum Gasteiger partial charge on any atom is -0.465 e. The van der Waals surface area contributed by atoms with Gasteiger partial charge in [-0.3, -0.25) is 9.59 Å². The molecule has 0 aliphatic carbocycles. The summed E-state index contributed by atoms with van der Waals surface area (Å²) in [5.41, 5.74) is 0.116. The lowest BCUT2D eigenvalue weighted by Crippen LogP contribution is -2.46. The molecule has 24 heavy (non-hydrogen) atoms. The lowest BCUT2D eigenvalue weighted by atomic mass is 9.84. The number of ether oxygens (including phenoxy) is 4. The average Bonchev–Trinajstić information content (AvgIpc) is 2.99. The molecular weight excluding hydrogens is 312 g/mol. The number of hydrogen-bond donors (Lipinski definition) is 0. The molecule has 2 rings (SSSR count). The van der Waals surface area contributed by atoms with Crippen LogP contribution in [0.5, 0.6) is 0 Å². The molecule has 2 heterocycles.